The van der Waals surface area contributed by atoms with Gasteiger partial charge in [0.25, 0.3) is 11.8 Å². The molecule has 1 aromatic carbocycles. The van der Waals surface area contributed by atoms with Crippen LogP contribution in [0.4, 0.5) is 8.78 Å². The fourth-order valence-corrected chi connectivity index (χ4v) is 4.51. The summed E-state index contributed by atoms with van der Waals surface area (Å²) >= 11 is 0. The van der Waals surface area contributed by atoms with E-state index in [0.717, 1.165) is 4.90 Å². The molecule has 1 fully saturated rings. The molecule has 0 saturated carbocycles. The fraction of sp³-hybridized carbons (Fsp3) is 0.536. The number of alkyl halides is 2. The Morgan fingerprint density at radius 2 is 2.02 bits per heavy atom. The van der Waals surface area contributed by atoms with Gasteiger partial charge in [-0.3, -0.25) is 19.4 Å². The van der Waals surface area contributed by atoms with Gasteiger partial charge in [-0.1, -0.05) is 13.8 Å². The van der Waals surface area contributed by atoms with Gasteiger partial charge in [0.2, 0.25) is 11.8 Å². The Labute approximate surface area is 237 Å². The van der Waals surface area contributed by atoms with Gasteiger partial charge in [0, 0.05) is 37.0 Å². The number of nitrogens with two attached hydrogens (primary N) is 1. The van der Waals surface area contributed by atoms with Crippen LogP contribution in [0.25, 0.3) is 10.9 Å². The molecule has 13 heteroatoms. The molecule has 3 amide bonds. The maximum atomic E-state index is 13.7. The number of nitrogens with one attached hydrogen (secondary N) is 2. The standard InChI is InChI=1S/C28H36F2N6O5/c1-17(2)26(39)22(32)12-24(37)34-8-3-4-10-41-19-5-6-23-21(11-19)20(7-9-33-23)27(40)35-15-25(38)36-16-28(29,30)13-18(36)14-31/h5-7,9,11,17-18,22,26,39H,3-4,8,10,12-13,15-16,32H2,1-2H3,(H,34,37)(H,35,40). The molecule has 0 spiro atoms. The van der Waals surface area contributed by atoms with E-state index in [1.165, 1.54) is 12.3 Å². The number of aromatic nitrogens is 1. The Morgan fingerprint density at radius 1 is 1.27 bits per heavy atom. The molecule has 5 N–H and O–H groups in total. The van der Waals surface area contributed by atoms with E-state index >= 15 is 0 Å². The van der Waals surface area contributed by atoms with Crippen molar-refractivity contribution in [1.29, 1.82) is 5.26 Å². The van der Waals surface area contributed by atoms with E-state index in [1.54, 1.807) is 24.3 Å². The lowest BCUT2D eigenvalue weighted by molar-refractivity contribution is -0.131. The first-order valence-electron chi connectivity index (χ1n) is 13.5. The van der Waals surface area contributed by atoms with Crippen molar-refractivity contribution >= 4 is 28.6 Å². The second-order valence-corrected chi connectivity index (χ2v) is 10.5. The first-order chi connectivity index (χ1) is 19.4. The number of benzene rings is 1. The van der Waals surface area contributed by atoms with E-state index in [0.29, 0.717) is 42.6 Å². The van der Waals surface area contributed by atoms with Crippen LogP contribution in [0.15, 0.2) is 30.5 Å². The minimum absolute atomic E-state index is 0.0353. The molecule has 1 saturated heterocycles. The largest absolute Gasteiger partial charge is 0.494 e. The topological polar surface area (TPSA) is 171 Å². The van der Waals surface area contributed by atoms with Gasteiger partial charge in [-0.2, -0.15) is 5.26 Å². The summed E-state index contributed by atoms with van der Waals surface area (Å²) in [6, 6.07) is 6.36. The smallest absolute Gasteiger partial charge is 0.268 e. The van der Waals surface area contributed by atoms with Gasteiger partial charge in [0.1, 0.15) is 11.8 Å². The highest BCUT2D eigenvalue weighted by Crippen LogP contribution is 2.31. The molecular formula is C28H36F2N6O5. The zero-order valence-corrected chi connectivity index (χ0v) is 23.1. The Bertz CT molecular complexity index is 1280. The number of carbonyl (C=O) groups is 3. The van der Waals surface area contributed by atoms with Gasteiger partial charge in [-0.15, -0.1) is 0 Å². The zero-order valence-electron chi connectivity index (χ0n) is 23.1. The molecule has 3 atom stereocenters. The maximum absolute atomic E-state index is 13.7. The van der Waals surface area contributed by atoms with Crippen LogP contribution in [0.3, 0.4) is 0 Å². The summed E-state index contributed by atoms with van der Waals surface area (Å²) < 4.78 is 33.1. The van der Waals surface area contributed by atoms with Crippen LogP contribution in [0.1, 0.15) is 49.9 Å². The lowest BCUT2D eigenvalue weighted by Gasteiger charge is -2.21. The molecule has 1 aromatic heterocycles. The summed E-state index contributed by atoms with van der Waals surface area (Å²) in [6.45, 7) is 3.06. The van der Waals surface area contributed by atoms with Gasteiger partial charge in [-0.25, -0.2) is 8.78 Å². The number of hydrogen-bond donors (Lipinski definition) is 4. The minimum atomic E-state index is -3.14. The fourth-order valence-electron chi connectivity index (χ4n) is 4.51. The Morgan fingerprint density at radius 3 is 2.73 bits per heavy atom. The summed E-state index contributed by atoms with van der Waals surface area (Å²) in [6.07, 6.45) is 1.30. The summed E-state index contributed by atoms with van der Waals surface area (Å²) in [5.74, 6) is -4.28. The lowest BCUT2D eigenvalue weighted by Crippen LogP contribution is -2.43. The highest BCUT2D eigenvalue weighted by Gasteiger charge is 2.47. The summed E-state index contributed by atoms with van der Waals surface area (Å²) in [7, 11) is 0. The minimum Gasteiger partial charge on any atom is -0.494 e. The third-order valence-electron chi connectivity index (χ3n) is 6.80. The van der Waals surface area contributed by atoms with Crippen LogP contribution in [0.5, 0.6) is 5.75 Å². The highest BCUT2D eigenvalue weighted by atomic mass is 19.3. The van der Waals surface area contributed by atoms with E-state index in [4.69, 9.17) is 15.7 Å². The molecule has 3 unspecified atom stereocenters. The van der Waals surface area contributed by atoms with Crippen LogP contribution in [0.2, 0.25) is 0 Å². The number of likely N-dealkylation sites (tertiary alicyclic amines) is 1. The van der Waals surface area contributed by atoms with Crippen molar-refractivity contribution in [1.82, 2.24) is 20.5 Å². The van der Waals surface area contributed by atoms with Crippen molar-refractivity contribution in [3.05, 3.63) is 36.0 Å². The van der Waals surface area contributed by atoms with E-state index in [1.807, 2.05) is 13.8 Å². The highest BCUT2D eigenvalue weighted by molar-refractivity contribution is 6.07. The molecule has 222 valence electrons. The van der Waals surface area contributed by atoms with Crippen LogP contribution in [0, 0.1) is 17.2 Å². The number of amides is 3. The molecule has 2 heterocycles. The third-order valence-corrected chi connectivity index (χ3v) is 6.80. The van der Waals surface area contributed by atoms with Crippen molar-refractivity contribution in [2.45, 2.75) is 63.6 Å². The van der Waals surface area contributed by atoms with Crippen molar-refractivity contribution in [2.75, 3.05) is 26.2 Å². The van der Waals surface area contributed by atoms with Crippen LogP contribution >= 0.6 is 0 Å². The predicted molar refractivity (Wildman–Crippen MR) is 146 cm³/mol. The number of nitriles is 1. The average molecular weight is 575 g/mol. The molecule has 41 heavy (non-hydrogen) atoms. The molecule has 2 aromatic rings. The van der Waals surface area contributed by atoms with Crippen LogP contribution in [-0.2, 0) is 9.59 Å². The Hall–Kier alpha value is -3.89. The van der Waals surface area contributed by atoms with Gasteiger partial charge in [-0.05, 0) is 43.0 Å². The number of fused-ring (bicyclic) bond motifs is 1. The second-order valence-electron chi connectivity index (χ2n) is 10.5. The van der Waals surface area contributed by atoms with E-state index in [9.17, 15) is 28.3 Å². The normalized spacial score (nSPS) is 17.6. The molecule has 0 aliphatic carbocycles. The number of unbranched alkanes of at least 4 members (excludes halogenated alkanes) is 1. The SMILES string of the molecule is CC(C)C(O)C(N)CC(=O)NCCCCOc1ccc2nccc(C(=O)NCC(=O)N3CC(F)(F)CC3C#N)c2c1. The molecule has 1 aliphatic rings. The third kappa shape index (κ3) is 8.80. The van der Waals surface area contributed by atoms with Gasteiger partial charge in [0.15, 0.2) is 0 Å². The zero-order chi connectivity index (χ0) is 30.2. The van der Waals surface area contributed by atoms with E-state index < -0.39 is 55.4 Å². The molecule has 0 radical (unpaired) electrons. The molecule has 0 bridgehead atoms. The number of nitrogens with zero attached hydrogens (tertiary/aromatic N) is 3. The molecular weight excluding hydrogens is 538 g/mol. The average Bonchev–Trinajstić information content (AvgIpc) is 3.26. The van der Waals surface area contributed by atoms with Gasteiger partial charge in [0.05, 0.1) is 42.9 Å². The lowest BCUT2D eigenvalue weighted by atomic mass is 9.98. The number of aliphatic hydroxyl groups excluding tert-OH is 1. The van der Waals surface area contributed by atoms with Crippen molar-refractivity contribution in [3.63, 3.8) is 0 Å². The van der Waals surface area contributed by atoms with Crippen molar-refractivity contribution < 1.29 is 33.0 Å². The Balaban J connectivity index is 1.48. The van der Waals surface area contributed by atoms with Crippen LogP contribution in [-0.4, -0.2) is 83.1 Å². The number of ether oxygens (including phenoxy) is 1. The van der Waals surface area contributed by atoms with Gasteiger partial charge < -0.3 is 31.1 Å². The first kappa shape index (κ1) is 31.6. The van der Waals surface area contributed by atoms with Gasteiger partial charge >= 0.3 is 0 Å². The second kappa shape index (κ2) is 14.1. The van der Waals surface area contributed by atoms with E-state index in [2.05, 4.69) is 15.6 Å². The number of aliphatic hydroxyl groups is 1. The molecule has 11 nitrogen and oxygen atoms in total. The van der Waals surface area contributed by atoms with Crippen molar-refractivity contribution in [2.24, 2.45) is 11.7 Å². The molecule has 3 rings (SSSR count). The quantitative estimate of drug-likeness (QED) is 0.262. The number of pyridine rings is 1. The number of rotatable bonds is 13. The number of hydrogen-bond acceptors (Lipinski definition) is 8. The van der Waals surface area contributed by atoms with E-state index in [-0.39, 0.29) is 23.8 Å². The van der Waals surface area contributed by atoms with Crippen LogP contribution < -0.4 is 21.1 Å². The number of carbonyl (C=O) groups excluding carboxylic acids is 3. The summed E-state index contributed by atoms with van der Waals surface area (Å²) in [5.41, 5.74) is 6.61. The molecule has 1 aliphatic heterocycles. The monoisotopic (exact) mass is 574 g/mol. The summed E-state index contributed by atoms with van der Waals surface area (Å²) in [4.78, 5) is 42.4. The first-order valence-corrected chi connectivity index (χ1v) is 13.5. The summed E-state index contributed by atoms with van der Waals surface area (Å²) in [5, 5.41) is 24.7. The maximum Gasteiger partial charge on any atom is 0.268 e. The van der Waals surface area contributed by atoms with Crippen molar-refractivity contribution in [3.8, 4) is 11.8 Å². The predicted octanol–water partition coefficient (Wildman–Crippen LogP) is 1.73. The Kier molecular flexibility index (Phi) is 10.9. The number of halogens is 2.